The van der Waals surface area contributed by atoms with Crippen molar-refractivity contribution in [3.63, 3.8) is 0 Å². The molecule has 1 N–H and O–H groups in total. The zero-order valence-electron chi connectivity index (χ0n) is 12.3. The number of likely N-dealkylation sites (tertiary alicyclic amines) is 1. The van der Waals surface area contributed by atoms with Crippen LogP contribution in [0.4, 0.5) is 5.69 Å². The van der Waals surface area contributed by atoms with Gasteiger partial charge in [0, 0.05) is 19.2 Å². The van der Waals surface area contributed by atoms with Crippen molar-refractivity contribution in [3.8, 4) is 0 Å². The molecule has 0 aromatic heterocycles. The molecule has 1 fully saturated rings. The lowest BCUT2D eigenvalue weighted by Gasteiger charge is -2.20. The van der Waals surface area contributed by atoms with Crippen LogP contribution in [0.5, 0.6) is 0 Å². The molecule has 0 bridgehead atoms. The van der Waals surface area contributed by atoms with Crippen molar-refractivity contribution in [2.24, 2.45) is 5.92 Å². The normalized spacial score (nSPS) is 17.0. The third-order valence-electron chi connectivity index (χ3n) is 3.83. The minimum Gasteiger partial charge on any atom is -0.312 e. The lowest BCUT2D eigenvalue weighted by Crippen LogP contribution is -2.31. The number of benzene rings is 1. The Morgan fingerprint density at radius 2 is 2.14 bits per heavy atom. The maximum Gasteiger partial charge on any atom is 0.283 e. The smallest absolute Gasteiger partial charge is 0.283 e. The maximum atomic E-state index is 10.9. The zero-order valence-corrected chi connectivity index (χ0v) is 13.9. The zero-order chi connectivity index (χ0) is 15.2. The van der Waals surface area contributed by atoms with Gasteiger partial charge in [-0.05, 0) is 59.9 Å². The van der Waals surface area contributed by atoms with Crippen LogP contribution >= 0.6 is 15.9 Å². The molecular weight excluding hydrogens is 334 g/mol. The van der Waals surface area contributed by atoms with E-state index in [4.69, 9.17) is 0 Å². The van der Waals surface area contributed by atoms with Gasteiger partial charge < -0.3 is 10.2 Å². The van der Waals surface area contributed by atoms with Crippen LogP contribution < -0.4 is 5.32 Å². The number of nitro groups is 1. The van der Waals surface area contributed by atoms with Gasteiger partial charge in [-0.15, -0.1) is 0 Å². The molecule has 0 aliphatic carbocycles. The highest BCUT2D eigenvalue weighted by Gasteiger charge is 2.16. The predicted molar refractivity (Wildman–Crippen MR) is 87.3 cm³/mol. The van der Waals surface area contributed by atoms with Gasteiger partial charge in [0.2, 0.25) is 0 Å². The molecule has 1 saturated heterocycles. The van der Waals surface area contributed by atoms with Gasteiger partial charge in [0.1, 0.15) is 0 Å². The standard InChI is InChI=1S/C15H22BrN3O2/c1-12(11-18-7-2-3-8-18)9-17-10-13-5-4-6-14(15(13)16)19(20)21/h4-6,12,17H,2-3,7-11H2,1H3. The third-order valence-corrected chi connectivity index (χ3v) is 4.75. The molecule has 1 aliphatic heterocycles. The fourth-order valence-electron chi connectivity index (χ4n) is 2.77. The Labute approximate surface area is 134 Å². The Hall–Kier alpha value is -0.980. The van der Waals surface area contributed by atoms with E-state index in [2.05, 4.69) is 33.1 Å². The lowest BCUT2D eigenvalue weighted by atomic mass is 10.1. The Balaban J connectivity index is 1.80. The molecule has 116 valence electrons. The van der Waals surface area contributed by atoms with E-state index in [0.29, 0.717) is 16.9 Å². The summed E-state index contributed by atoms with van der Waals surface area (Å²) >= 11 is 3.33. The molecule has 1 aliphatic rings. The van der Waals surface area contributed by atoms with Crippen molar-refractivity contribution in [2.75, 3.05) is 26.2 Å². The lowest BCUT2D eigenvalue weighted by molar-refractivity contribution is -0.385. The summed E-state index contributed by atoms with van der Waals surface area (Å²) in [7, 11) is 0. The van der Waals surface area contributed by atoms with Crippen LogP contribution in [0.25, 0.3) is 0 Å². The van der Waals surface area contributed by atoms with Crippen LogP contribution in [0.15, 0.2) is 22.7 Å². The van der Waals surface area contributed by atoms with Gasteiger partial charge in [0.25, 0.3) is 5.69 Å². The van der Waals surface area contributed by atoms with E-state index < -0.39 is 0 Å². The van der Waals surface area contributed by atoms with Gasteiger partial charge in [-0.2, -0.15) is 0 Å². The highest BCUT2D eigenvalue weighted by atomic mass is 79.9. The molecule has 0 amide bonds. The van der Waals surface area contributed by atoms with E-state index in [-0.39, 0.29) is 10.6 Å². The monoisotopic (exact) mass is 355 g/mol. The fraction of sp³-hybridized carbons (Fsp3) is 0.600. The van der Waals surface area contributed by atoms with Crippen LogP contribution in [-0.2, 0) is 6.54 Å². The second kappa shape index (κ2) is 7.87. The van der Waals surface area contributed by atoms with E-state index in [1.165, 1.54) is 32.0 Å². The summed E-state index contributed by atoms with van der Waals surface area (Å²) in [4.78, 5) is 13.1. The summed E-state index contributed by atoms with van der Waals surface area (Å²) < 4.78 is 0.578. The SMILES string of the molecule is CC(CNCc1cccc([N+](=O)[O-])c1Br)CN1CCCC1. The van der Waals surface area contributed by atoms with Gasteiger partial charge in [-0.3, -0.25) is 10.1 Å². The first-order chi connectivity index (χ1) is 10.1. The molecule has 1 unspecified atom stereocenters. The Bertz CT molecular complexity index is 490. The molecule has 1 aromatic rings. The van der Waals surface area contributed by atoms with Gasteiger partial charge >= 0.3 is 0 Å². The summed E-state index contributed by atoms with van der Waals surface area (Å²) in [6, 6.07) is 5.16. The minimum atomic E-state index is -0.358. The van der Waals surface area contributed by atoms with Crippen molar-refractivity contribution < 1.29 is 4.92 Å². The first-order valence-corrected chi connectivity index (χ1v) is 8.22. The van der Waals surface area contributed by atoms with Crippen molar-refractivity contribution in [2.45, 2.75) is 26.3 Å². The number of nitrogens with one attached hydrogen (secondary N) is 1. The summed E-state index contributed by atoms with van der Waals surface area (Å²) in [6.07, 6.45) is 2.64. The van der Waals surface area contributed by atoms with E-state index in [9.17, 15) is 10.1 Å². The molecular formula is C15H22BrN3O2. The second-order valence-corrected chi connectivity index (χ2v) is 6.54. The molecule has 0 saturated carbocycles. The minimum absolute atomic E-state index is 0.124. The van der Waals surface area contributed by atoms with Crippen molar-refractivity contribution in [1.29, 1.82) is 0 Å². The summed E-state index contributed by atoms with van der Waals surface area (Å²) in [6.45, 7) is 7.39. The molecule has 1 atom stereocenters. The Morgan fingerprint density at radius 3 is 2.81 bits per heavy atom. The first kappa shape index (κ1) is 16.4. The largest absolute Gasteiger partial charge is 0.312 e. The van der Waals surface area contributed by atoms with Gasteiger partial charge in [0.05, 0.1) is 9.40 Å². The van der Waals surface area contributed by atoms with Crippen LogP contribution in [0.2, 0.25) is 0 Å². The average Bonchev–Trinajstić information content (AvgIpc) is 2.93. The molecule has 21 heavy (non-hydrogen) atoms. The molecule has 2 rings (SSSR count). The Kier molecular flexibility index (Phi) is 6.14. The highest BCUT2D eigenvalue weighted by molar-refractivity contribution is 9.10. The fourth-order valence-corrected chi connectivity index (χ4v) is 3.32. The summed E-state index contributed by atoms with van der Waals surface area (Å²) in [5, 5.41) is 14.3. The molecule has 5 nitrogen and oxygen atoms in total. The topological polar surface area (TPSA) is 58.4 Å². The number of halogens is 1. The van der Waals surface area contributed by atoms with E-state index in [0.717, 1.165) is 18.7 Å². The van der Waals surface area contributed by atoms with E-state index in [1.54, 1.807) is 6.07 Å². The van der Waals surface area contributed by atoms with Crippen LogP contribution in [0.3, 0.4) is 0 Å². The molecule has 6 heteroatoms. The van der Waals surface area contributed by atoms with Crippen molar-refractivity contribution in [1.82, 2.24) is 10.2 Å². The summed E-state index contributed by atoms with van der Waals surface area (Å²) in [5.41, 5.74) is 1.05. The number of hydrogen-bond donors (Lipinski definition) is 1. The molecule has 0 spiro atoms. The second-order valence-electron chi connectivity index (χ2n) is 5.75. The number of nitrogens with zero attached hydrogens (tertiary/aromatic N) is 2. The predicted octanol–water partition coefficient (Wildman–Crippen LogP) is 3.18. The Morgan fingerprint density at radius 1 is 1.43 bits per heavy atom. The van der Waals surface area contributed by atoms with Crippen LogP contribution in [-0.4, -0.2) is 36.0 Å². The number of hydrogen-bond acceptors (Lipinski definition) is 4. The van der Waals surface area contributed by atoms with Crippen LogP contribution in [0.1, 0.15) is 25.3 Å². The summed E-state index contributed by atoms with van der Waals surface area (Å²) in [5.74, 6) is 0.584. The van der Waals surface area contributed by atoms with Gasteiger partial charge in [-0.1, -0.05) is 19.1 Å². The maximum absolute atomic E-state index is 10.9. The van der Waals surface area contributed by atoms with E-state index in [1.807, 2.05) is 6.07 Å². The number of rotatable bonds is 7. The molecule has 1 aromatic carbocycles. The molecule has 1 heterocycles. The van der Waals surface area contributed by atoms with Crippen LogP contribution in [0, 0.1) is 16.0 Å². The average molecular weight is 356 g/mol. The van der Waals surface area contributed by atoms with Gasteiger partial charge in [0.15, 0.2) is 0 Å². The quantitative estimate of drug-likeness (QED) is 0.602. The highest BCUT2D eigenvalue weighted by Crippen LogP contribution is 2.28. The first-order valence-electron chi connectivity index (χ1n) is 7.42. The van der Waals surface area contributed by atoms with Crippen molar-refractivity contribution >= 4 is 21.6 Å². The van der Waals surface area contributed by atoms with Gasteiger partial charge in [-0.25, -0.2) is 0 Å². The van der Waals surface area contributed by atoms with E-state index >= 15 is 0 Å². The molecule has 0 radical (unpaired) electrons. The van der Waals surface area contributed by atoms with Crippen molar-refractivity contribution in [3.05, 3.63) is 38.3 Å². The number of nitro benzene ring substituents is 1. The third kappa shape index (κ3) is 4.76.